The average molecular weight is 448 g/mol. The van der Waals surface area contributed by atoms with Gasteiger partial charge in [-0.15, -0.1) is 0 Å². The van der Waals surface area contributed by atoms with E-state index in [0.29, 0.717) is 11.9 Å². The Morgan fingerprint density at radius 1 is 1.09 bits per heavy atom. The molecule has 0 atom stereocenters. The lowest BCUT2D eigenvalue weighted by atomic mass is 9.85. The summed E-state index contributed by atoms with van der Waals surface area (Å²) in [4.78, 5) is 24.0. The number of aromatic nitrogens is 3. The lowest BCUT2D eigenvalue weighted by Gasteiger charge is -2.30. The lowest BCUT2D eigenvalue weighted by molar-refractivity contribution is -0.135. The van der Waals surface area contributed by atoms with Gasteiger partial charge in [-0.3, -0.25) is 4.79 Å². The van der Waals surface area contributed by atoms with Gasteiger partial charge in [-0.1, -0.05) is 12.1 Å². The Kier molecular flexibility index (Phi) is 5.83. The summed E-state index contributed by atoms with van der Waals surface area (Å²) in [7, 11) is 0. The van der Waals surface area contributed by atoms with Gasteiger partial charge in [-0.2, -0.15) is 4.98 Å². The summed E-state index contributed by atoms with van der Waals surface area (Å²) in [6.07, 6.45) is 9.82. The zero-order valence-corrected chi connectivity index (χ0v) is 19.5. The van der Waals surface area contributed by atoms with Crippen LogP contribution in [-0.2, 0) is 10.4 Å². The van der Waals surface area contributed by atoms with E-state index in [9.17, 15) is 9.90 Å². The SMILES string of the molecule is CC(C)(O)c1cccc2c1ccn2-c1ccnc(N[C@H]2CC[C@H](C(=O)N3CCCC3)CC2)n1. The van der Waals surface area contributed by atoms with Crippen molar-refractivity contribution in [1.29, 1.82) is 0 Å². The third kappa shape index (κ3) is 4.47. The van der Waals surface area contributed by atoms with Crippen LogP contribution in [0.3, 0.4) is 0 Å². The van der Waals surface area contributed by atoms with Crippen LogP contribution in [0.2, 0.25) is 0 Å². The highest BCUT2D eigenvalue weighted by Crippen LogP contribution is 2.31. The van der Waals surface area contributed by atoms with Crippen molar-refractivity contribution in [2.75, 3.05) is 18.4 Å². The molecule has 2 fully saturated rings. The van der Waals surface area contributed by atoms with E-state index in [1.807, 2.05) is 41.1 Å². The Morgan fingerprint density at radius 2 is 1.85 bits per heavy atom. The van der Waals surface area contributed by atoms with Crippen LogP contribution in [-0.4, -0.2) is 49.6 Å². The predicted molar refractivity (Wildman–Crippen MR) is 129 cm³/mol. The van der Waals surface area contributed by atoms with Crippen LogP contribution in [0.15, 0.2) is 42.7 Å². The average Bonchev–Trinajstić information content (AvgIpc) is 3.49. The van der Waals surface area contributed by atoms with E-state index in [0.717, 1.165) is 73.9 Å². The van der Waals surface area contributed by atoms with Crippen molar-refractivity contribution in [2.45, 2.75) is 64.0 Å². The van der Waals surface area contributed by atoms with E-state index in [1.54, 1.807) is 20.0 Å². The molecular weight excluding hydrogens is 414 g/mol. The summed E-state index contributed by atoms with van der Waals surface area (Å²) in [5.74, 6) is 1.93. The molecule has 2 aliphatic rings. The smallest absolute Gasteiger partial charge is 0.225 e. The van der Waals surface area contributed by atoms with Crippen LogP contribution in [0.5, 0.6) is 0 Å². The first-order valence-electron chi connectivity index (χ1n) is 12.1. The second-order valence-corrected chi connectivity index (χ2v) is 9.95. The molecule has 174 valence electrons. The number of carbonyl (C=O) groups excluding carboxylic acids is 1. The van der Waals surface area contributed by atoms with E-state index >= 15 is 0 Å². The number of nitrogens with zero attached hydrogens (tertiary/aromatic N) is 4. The van der Waals surface area contributed by atoms with Gasteiger partial charge >= 0.3 is 0 Å². The molecule has 3 aromatic rings. The Balaban J connectivity index is 1.28. The zero-order chi connectivity index (χ0) is 23.0. The minimum Gasteiger partial charge on any atom is -0.386 e. The summed E-state index contributed by atoms with van der Waals surface area (Å²) in [6, 6.07) is 10.2. The number of nitrogens with one attached hydrogen (secondary N) is 1. The fourth-order valence-corrected chi connectivity index (χ4v) is 5.32. The van der Waals surface area contributed by atoms with Crippen molar-refractivity contribution < 1.29 is 9.90 Å². The molecule has 2 N–H and O–H groups in total. The van der Waals surface area contributed by atoms with Crippen molar-refractivity contribution in [3.05, 3.63) is 48.3 Å². The third-order valence-corrected chi connectivity index (χ3v) is 7.11. The summed E-state index contributed by atoms with van der Waals surface area (Å²) in [5, 5.41) is 15.0. The lowest BCUT2D eigenvalue weighted by Crippen LogP contribution is -2.37. The largest absolute Gasteiger partial charge is 0.386 e. The number of likely N-dealkylation sites (tertiary alicyclic amines) is 1. The van der Waals surface area contributed by atoms with Crippen LogP contribution >= 0.6 is 0 Å². The molecule has 0 unspecified atom stereocenters. The van der Waals surface area contributed by atoms with Gasteiger partial charge < -0.3 is 19.9 Å². The van der Waals surface area contributed by atoms with Gasteiger partial charge in [0.25, 0.3) is 0 Å². The molecule has 0 bridgehead atoms. The molecule has 1 saturated carbocycles. The van der Waals surface area contributed by atoms with Crippen molar-refractivity contribution in [3.8, 4) is 5.82 Å². The van der Waals surface area contributed by atoms with Gasteiger partial charge in [0.15, 0.2) is 0 Å². The number of amides is 1. The number of anilines is 1. The fraction of sp³-hybridized carbons (Fsp3) is 0.500. The minimum absolute atomic E-state index is 0.171. The van der Waals surface area contributed by atoms with Gasteiger partial charge in [0.2, 0.25) is 11.9 Å². The summed E-state index contributed by atoms with van der Waals surface area (Å²) < 4.78 is 2.03. The molecule has 2 aromatic heterocycles. The normalized spacial score (nSPS) is 21.5. The number of carbonyl (C=O) groups is 1. The van der Waals surface area contributed by atoms with Gasteiger partial charge in [-0.25, -0.2) is 4.98 Å². The van der Waals surface area contributed by atoms with E-state index in [2.05, 4.69) is 15.2 Å². The number of fused-ring (bicyclic) bond motifs is 1. The van der Waals surface area contributed by atoms with Crippen molar-refractivity contribution in [3.63, 3.8) is 0 Å². The first-order chi connectivity index (χ1) is 15.9. The molecule has 1 saturated heterocycles. The number of benzene rings is 1. The highest BCUT2D eigenvalue weighted by atomic mass is 16.3. The summed E-state index contributed by atoms with van der Waals surface area (Å²) in [6.45, 7) is 5.48. The van der Waals surface area contributed by atoms with Gasteiger partial charge in [-0.05, 0) is 76.1 Å². The molecule has 0 spiro atoms. The first kappa shape index (κ1) is 21.9. The molecule has 1 aromatic carbocycles. The Labute approximate surface area is 194 Å². The Hall–Kier alpha value is -2.93. The van der Waals surface area contributed by atoms with Crippen LogP contribution in [0.1, 0.15) is 57.9 Å². The van der Waals surface area contributed by atoms with E-state index in [4.69, 9.17) is 4.98 Å². The van der Waals surface area contributed by atoms with E-state index in [1.165, 1.54) is 0 Å². The maximum atomic E-state index is 12.7. The Morgan fingerprint density at radius 3 is 2.58 bits per heavy atom. The van der Waals surface area contributed by atoms with Crippen LogP contribution in [0.25, 0.3) is 16.7 Å². The molecule has 7 nitrogen and oxygen atoms in total. The molecule has 1 amide bonds. The second kappa shape index (κ2) is 8.78. The second-order valence-electron chi connectivity index (χ2n) is 9.95. The van der Waals surface area contributed by atoms with Crippen molar-refractivity contribution >= 4 is 22.8 Å². The number of hydrogen-bond donors (Lipinski definition) is 2. The monoisotopic (exact) mass is 447 g/mol. The first-order valence-corrected chi connectivity index (χ1v) is 12.1. The number of aliphatic hydroxyl groups is 1. The standard InChI is InChI=1S/C26H33N5O2/c1-26(2,33)21-6-5-7-22-20(21)13-17-31(22)23-12-14-27-25(29-23)28-19-10-8-18(9-11-19)24(32)30-15-3-4-16-30/h5-7,12-14,17-19,33H,3-4,8-11,15-16H2,1-2H3,(H,27,28,29)/t18-,19-. The van der Waals surface area contributed by atoms with Gasteiger partial charge in [0.1, 0.15) is 5.82 Å². The zero-order valence-electron chi connectivity index (χ0n) is 19.5. The molecule has 7 heteroatoms. The molecule has 0 radical (unpaired) electrons. The molecule has 1 aliphatic carbocycles. The van der Waals surface area contributed by atoms with Gasteiger partial charge in [0, 0.05) is 42.8 Å². The molecule has 1 aliphatic heterocycles. The maximum Gasteiger partial charge on any atom is 0.225 e. The van der Waals surface area contributed by atoms with Crippen LogP contribution in [0, 0.1) is 5.92 Å². The highest BCUT2D eigenvalue weighted by Gasteiger charge is 2.30. The molecule has 3 heterocycles. The minimum atomic E-state index is -0.918. The highest BCUT2D eigenvalue weighted by molar-refractivity contribution is 5.85. The summed E-state index contributed by atoms with van der Waals surface area (Å²) in [5.41, 5.74) is 0.977. The fourth-order valence-electron chi connectivity index (χ4n) is 5.32. The quantitative estimate of drug-likeness (QED) is 0.611. The number of rotatable bonds is 5. The topological polar surface area (TPSA) is 83.3 Å². The van der Waals surface area contributed by atoms with Crippen molar-refractivity contribution in [1.82, 2.24) is 19.4 Å². The molecule has 33 heavy (non-hydrogen) atoms. The van der Waals surface area contributed by atoms with Crippen LogP contribution < -0.4 is 5.32 Å². The molecular formula is C26H33N5O2. The molecule has 5 rings (SSSR count). The summed E-state index contributed by atoms with van der Waals surface area (Å²) >= 11 is 0. The maximum absolute atomic E-state index is 12.7. The van der Waals surface area contributed by atoms with E-state index < -0.39 is 5.60 Å². The Bertz CT molecular complexity index is 1140. The van der Waals surface area contributed by atoms with E-state index in [-0.39, 0.29) is 12.0 Å². The predicted octanol–water partition coefficient (Wildman–Crippen LogP) is 4.24. The van der Waals surface area contributed by atoms with Crippen LogP contribution in [0.4, 0.5) is 5.95 Å². The number of hydrogen-bond acceptors (Lipinski definition) is 5. The van der Waals surface area contributed by atoms with Crippen molar-refractivity contribution in [2.24, 2.45) is 5.92 Å². The van der Waals surface area contributed by atoms with Gasteiger partial charge in [0.05, 0.1) is 11.1 Å². The third-order valence-electron chi connectivity index (χ3n) is 7.11.